The highest BCUT2D eigenvalue weighted by atomic mass is 19.1. The van der Waals surface area contributed by atoms with E-state index in [0.29, 0.717) is 18.5 Å². The van der Waals surface area contributed by atoms with Crippen LogP contribution in [0.15, 0.2) is 24.3 Å². The molecule has 0 spiro atoms. The lowest BCUT2D eigenvalue weighted by atomic mass is 10.1. The van der Waals surface area contributed by atoms with E-state index in [1.54, 1.807) is 18.2 Å². The van der Waals surface area contributed by atoms with Gasteiger partial charge in [-0.25, -0.2) is 4.39 Å². The van der Waals surface area contributed by atoms with E-state index >= 15 is 0 Å². The fourth-order valence-corrected chi connectivity index (χ4v) is 1.35. The number of ketones is 1. The number of nitrogens with one attached hydrogen (secondary N) is 1. The number of hydrogen-bond donors (Lipinski definition) is 1. The minimum Gasteiger partial charge on any atom is -0.317 e. The number of Topliss-reactive ketones (excluding diaryl/α,β-unsaturated/α-hetero) is 1. The van der Waals surface area contributed by atoms with E-state index in [-0.39, 0.29) is 18.0 Å². The molecule has 0 aliphatic rings. The van der Waals surface area contributed by atoms with Crippen LogP contribution in [0.5, 0.6) is 0 Å². The highest BCUT2D eigenvalue weighted by Gasteiger charge is 2.06. The van der Waals surface area contributed by atoms with Crippen molar-refractivity contribution >= 4 is 5.78 Å². The molecule has 1 aromatic carbocycles. The Labute approximate surface area is 89.5 Å². The number of carbonyl (C=O) groups excluding carboxylic acids is 1. The Balaban J connectivity index is 2.41. The normalized spacial score (nSPS) is 10.3. The quantitative estimate of drug-likeness (QED) is 0.725. The number of benzene rings is 1. The van der Waals surface area contributed by atoms with Crippen LogP contribution < -0.4 is 5.32 Å². The van der Waals surface area contributed by atoms with E-state index in [9.17, 15) is 9.18 Å². The molecule has 0 fully saturated rings. The molecule has 0 aliphatic carbocycles. The summed E-state index contributed by atoms with van der Waals surface area (Å²) in [4.78, 5) is 11.4. The van der Waals surface area contributed by atoms with Crippen molar-refractivity contribution in [3.05, 3.63) is 35.6 Å². The van der Waals surface area contributed by atoms with E-state index in [1.165, 1.54) is 6.07 Å². The minimum absolute atomic E-state index is 0.0704. The monoisotopic (exact) mass is 209 g/mol. The van der Waals surface area contributed by atoms with Crippen molar-refractivity contribution in [1.29, 1.82) is 0 Å². The molecule has 0 radical (unpaired) electrons. The maximum Gasteiger partial charge on any atom is 0.138 e. The molecule has 0 saturated carbocycles. The molecule has 3 heteroatoms. The maximum atomic E-state index is 13.2. The van der Waals surface area contributed by atoms with Crippen molar-refractivity contribution in [3.8, 4) is 0 Å². The maximum absolute atomic E-state index is 13.2. The summed E-state index contributed by atoms with van der Waals surface area (Å²) in [7, 11) is 0. The second-order valence-electron chi connectivity index (χ2n) is 3.41. The Morgan fingerprint density at radius 1 is 1.40 bits per heavy atom. The molecule has 1 rings (SSSR count). The second kappa shape index (κ2) is 6.30. The van der Waals surface area contributed by atoms with Gasteiger partial charge in [-0.3, -0.25) is 4.79 Å². The van der Waals surface area contributed by atoms with Gasteiger partial charge in [0.1, 0.15) is 11.6 Å². The van der Waals surface area contributed by atoms with E-state index in [2.05, 4.69) is 5.32 Å². The summed E-state index contributed by atoms with van der Waals surface area (Å²) in [5.41, 5.74) is 0.485. The first-order valence-electron chi connectivity index (χ1n) is 5.20. The highest BCUT2D eigenvalue weighted by Crippen LogP contribution is 2.07. The fourth-order valence-electron chi connectivity index (χ4n) is 1.35. The molecule has 0 unspecified atom stereocenters. The summed E-state index contributed by atoms with van der Waals surface area (Å²) in [5, 5.41) is 3.06. The van der Waals surface area contributed by atoms with Gasteiger partial charge in [-0.1, -0.05) is 25.1 Å². The van der Waals surface area contributed by atoms with Gasteiger partial charge < -0.3 is 5.32 Å². The third kappa shape index (κ3) is 4.21. The fraction of sp³-hybridized carbons (Fsp3) is 0.417. The molecule has 0 atom stereocenters. The number of halogens is 1. The van der Waals surface area contributed by atoms with Crippen molar-refractivity contribution in [2.24, 2.45) is 0 Å². The minimum atomic E-state index is -0.297. The zero-order chi connectivity index (χ0) is 11.1. The number of hydrogen-bond acceptors (Lipinski definition) is 2. The van der Waals surface area contributed by atoms with E-state index in [4.69, 9.17) is 0 Å². The molecule has 0 bridgehead atoms. The Bertz CT molecular complexity index is 325. The van der Waals surface area contributed by atoms with Gasteiger partial charge in [-0.15, -0.1) is 0 Å². The first-order chi connectivity index (χ1) is 7.24. The van der Waals surface area contributed by atoms with Crippen molar-refractivity contribution in [2.75, 3.05) is 13.1 Å². The first kappa shape index (κ1) is 11.9. The Hall–Kier alpha value is -1.22. The molecule has 0 aliphatic heterocycles. The van der Waals surface area contributed by atoms with Gasteiger partial charge in [0.25, 0.3) is 0 Å². The van der Waals surface area contributed by atoms with Gasteiger partial charge >= 0.3 is 0 Å². The summed E-state index contributed by atoms with van der Waals surface area (Å²) in [6.07, 6.45) is 0.653. The van der Waals surface area contributed by atoms with E-state index < -0.39 is 0 Å². The van der Waals surface area contributed by atoms with Crippen LogP contribution in [0, 0.1) is 5.82 Å². The third-order valence-electron chi connectivity index (χ3n) is 2.18. The Morgan fingerprint density at radius 2 is 2.13 bits per heavy atom. The standard InChI is InChI=1S/C12H16FNO/c1-2-14-8-7-11(15)9-10-5-3-4-6-12(10)13/h3-6,14H,2,7-9H2,1H3. The third-order valence-corrected chi connectivity index (χ3v) is 2.18. The molecule has 82 valence electrons. The molecule has 2 nitrogen and oxygen atoms in total. The topological polar surface area (TPSA) is 29.1 Å². The lowest BCUT2D eigenvalue weighted by Crippen LogP contribution is -2.18. The van der Waals surface area contributed by atoms with Gasteiger partial charge in [0.2, 0.25) is 0 Å². The van der Waals surface area contributed by atoms with Gasteiger partial charge in [-0.2, -0.15) is 0 Å². The van der Waals surface area contributed by atoms with Crippen LogP contribution in [0.1, 0.15) is 18.9 Å². The van der Waals surface area contributed by atoms with Crippen LogP contribution in [0.4, 0.5) is 4.39 Å². The zero-order valence-electron chi connectivity index (χ0n) is 8.92. The summed E-state index contributed by atoms with van der Waals surface area (Å²) < 4.78 is 13.2. The van der Waals surface area contributed by atoms with Crippen LogP contribution >= 0.6 is 0 Å². The van der Waals surface area contributed by atoms with E-state index in [0.717, 1.165) is 6.54 Å². The SMILES string of the molecule is CCNCCC(=O)Cc1ccccc1F. The van der Waals surface area contributed by atoms with Gasteiger partial charge in [-0.05, 0) is 18.2 Å². The largest absolute Gasteiger partial charge is 0.317 e. The van der Waals surface area contributed by atoms with Crippen molar-refractivity contribution in [3.63, 3.8) is 0 Å². The molecular formula is C12H16FNO. The molecule has 0 heterocycles. The molecule has 1 aromatic rings. The zero-order valence-corrected chi connectivity index (χ0v) is 8.92. The van der Waals surface area contributed by atoms with Crippen molar-refractivity contribution < 1.29 is 9.18 Å². The van der Waals surface area contributed by atoms with Gasteiger partial charge in [0.15, 0.2) is 0 Å². The van der Waals surface area contributed by atoms with Crippen LogP contribution in [-0.2, 0) is 11.2 Å². The Morgan fingerprint density at radius 3 is 2.80 bits per heavy atom. The molecular weight excluding hydrogens is 193 g/mol. The predicted octanol–water partition coefficient (Wildman–Crippen LogP) is 1.94. The number of carbonyl (C=O) groups is 1. The first-order valence-corrected chi connectivity index (χ1v) is 5.20. The van der Waals surface area contributed by atoms with Crippen LogP contribution in [0.2, 0.25) is 0 Å². The van der Waals surface area contributed by atoms with Crippen LogP contribution in [0.25, 0.3) is 0 Å². The summed E-state index contributed by atoms with van der Waals surface area (Å²) in [5.74, 6) is -0.227. The van der Waals surface area contributed by atoms with Crippen LogP contribution in [-0.4, -0.2) is 18.9 Å². The molecule has 1 N–H and O–H groups in total. The lowest BCUT2D eigenvalue weighted by molar-refractivity contribution is -0.118. The van der Waals surface area contributed by atoms with Gasteiger partial charge in [0, 0.05) is 19.4 Å². The number of rotatable bonds is 6. The van der Waals surface area contributed by atoms with E-state index in [1.807, 2.05) is 6.92 Å². The summed E-state index contributed by atoms with van der Waals surface area (Å²) in [6.45, 7) is 3.51. The second-order valence-corrected chi connectivity index (χ2v) is 3.41. The highest BCUT2D eigenvalue weighted by molar-refractivity contribution is 5.81. The van der Waals surface area contributed by atoms with Crippen molar-refractivity contribution in [2.45, 2.75) is 19.8 Å². The van der Waals surface area contributed by atoms with Crippen LogP contribution in [0.3, 0.4) is 0 Å². The van der Waals surface area contributed by atoms with Gasteiger partial charge in [0.05, 0.1) is 0 Å². The predicted molar refractivity (Wildman–Crippen MR) is 58.3 cm³/mol. The molecule has 0 aromatic heterocycles. The molecule has 0 saturated heterocycles. The Kier molecular flexibility index (Phi) is 4.98. The average Bonchev–Trinajstić information content (AvgIpc) is 2.22. The summed E-state index contributed by atoms with van der Waals surface area (Å²) >= 11 is 0. The molecule has 15 heavy (non-hydrogen) atoms. The van der Waals surface area contributed by atoms with Crippen molar-refractivity contribution in [1.82, 2.24) is 5.32 Å². The molecule has 0 amide bonds. The average molecular weight is 209 g/mol. The smallest absolute Gasteiger partial charge is 0.138 e. The summed E-state index contributed by atoms with van der Waals surface area (Å²) in [6, 6.07) is 6.41. The lowest BCUT2D eigenvalue weighted by Gasteiger charge is -2.03.